The highest BCUT2D eigenvalue weighted by atomic mass is 16.1. The summed E-state index contributed by atoms with van der Waals surface area (Å²) in [5.41, 5.74) is 4.42. The Labute approximate surface area is 130 Å². The number of allylic oxidation sites excluding steroid dienone is 1. The topological polar surface area (TPSA) is 29.1 Å². The van der Waals surface area contributed by atoms with Gasteiger partial charge in [0, 0.05) is 28.4 Å². The second-order valence-electron chi connectivity index (χ2n) is 6.38. The number of carbonyl (C=O) groups excluding carboxylic acids is 1. The number of nitrogens with one attached hydrogen (secondary N) is 1. The van der Waals surface area contributed by atoms with Gasteiger partial charge in [0.15, 0.2) is 5.78 Å². The van der Waals surface area contributed by atoms with Crippen molar-refractivity contribution < 1.29 is 4.79 Å². The van der Waals surface area contributed by atoms with Gasteiger partial charge < -0.3 is 5.32 Å². The van der Waals surface area contributed by atoms with Crippen molar-refractivity contribution in [1.82, 2.24) is 5.32 Å². The predicted molar refractivity (Wildman–Crippen MR) is 88.6 cm³/mol. The number of ketones is 1. The maximum absolute atomic E-state index is 12.5. The molecule has 1 heterocycles. The average Bonchev–Trinajstić information content (AvgIpc) is 2.54. The van der Waals surface area contributed by atoms with Gasteiger partial charge in [-0.25, -0.2) is 0 Å². The van der Waals surface area contributed by atoms with Crippen molar-refractivity contribution in [2.75, 3.05) is 0 Å². The highest BCUT2D eigenvalue weighted by Crippen LogP contribution is 2.41. The third-order valence-corrected chi connectivity index (χ3v) is 4.88. The van der Waals surface area contributed by atoms with Gasteiger partial charge in [-0.15, -0.1) is 0 Å². The second kappa shape index (κ2) is 5.13. The Kier molecular flexibility index (Phi) is 3.11. The quantitative estimate of drug-likeness (QED) is 0.669. The molecule has 22 heavy (non-hydrogen) atoms. The summed E-state index contributed by atoms with van der Waals surface area (Å²) in [6, 6.07) is 17.9. The Morgan fingerprint density at radius 3 is 2.45 bits per heavy atom. The lowest BCUT2D eigenvalue weighted by Crippen LogP contribution is -2.54. The Morgan fingerprint density at radius 1 is 1.00 bits per heavy atom. The van der Waals surface area contributed by atoms with Gasteiger partial charge in [-0.05, 0) is 31.2 Å². The standard InChI is InChI=1S/C20H19NO/c22-19(15-7-2-1-3-8-15)13-18-17-10-5-4-9-16(17)14-20(21-18)11-6-12-20/h1-5,7-10,13,21H,6,11-12,14H2. The van der Waals surface area contributed by atoms with Crippen molar-refractivity contribution in [1.29, 1.82) is 0 Å². The molecule has 0 bridgehead atoms. The van der Waals surface area contributed by atoms with E-state index in [1.54, 1.807) is 6.08 Å². The lowest BCUT2D eigenvalue weighted by Gasteiger charge is -2.47. The SMILES string of the molecule is O=C(C=C1NC2(CCC2)Cc2ccccc21)c1ccccc1. The van der Waals surface area contributed by atoms with E-state index in [-0.39, 0.29) is 11.3 Å². The minimum absolute atomic E-state index is 0.0641. The minimum Gasteiger partial charge on any atom is -0.379 e. The summed E-state index contributed by atoms with van der Waals surface area (Å²) in [6.07, 6.45) is 6.50. The van der Waals surface area contributed by atoms with E-state index in [1.165, 1.54) is 30.4 Å². The molecule has 0 amide bonds. The number of carbonyl (C=O) groups is 1. The van der Waals surface area contributed by atoms with Crippen molar-refractivity contribution in [3.05, 3.63) is 77.4 Å². The van der Waals surface area contributed by atoms with E-state index >= 15 is 0 Å². The summed E-state index contributed by atoms with van der Waals surface area (Å²) < 4.78 is 0. The Bertz CT molecular complexity index is 741. The van der Waals surface area contributed by atoms with Crippen molar-refractivity contribution in [3.8, 4) is 0 Å². The fourth-order valence-corrected chi connectivity index (χ4v) is 3.53. The lowest BCUT2D eigenvalue weighted by atomic mass is 9.69. The maximum atomic E-state index is 12.5. The zero-order valence-corrected chi connectivity index (χ0v) is 12.5. The van der Waals surface area contributed by atoms with Gasteiger partial charge in [0.25, 0.3) is 0 Å². The Balaban J connectivity index is 1.73. The third kappa shape index (κ3) is 2.25. The fourth-order valence-electron chi connectivity index (χ4n) is 3.53. The monoisotopic (exact) mass is 289 g/mol. The molecule has 2 aliphatic rings. The van der Waals surface area contributed by atoms with Gasteiger partial charge in [-0.2, -0.15) is 0 Å². The van der Waals surface area contributed by atoms with Crippen LogP contribution in [0, 0.1) is 0 Å². The molecule has 0 radical (unpaired) electrons. The molecule has 0 atom stereocenters. The number of hydrogen-bond acceptors (Lipinski definition) is 2. The predicted octanol–water partition coefficient (Wildman–Crippen LogP) is 3.98. The molecule has 2 aromatic rings. The highest BCUT2D eigenvalue weighted by molar-refractivity contribution is 6.08. The summed E-state index contributed by atoms with van der Waals surface area (Å²) in [5.74, 6) is 0.0641. The average molecular weight is 289 g/mol. The molecular weight excluding hydrogens is 270 g/mol. The molecule has 2 heteroatoms. The molecule has 2 aromatic carbocycles. The highest BCUT2D eigenvalue weighted by Gasteiger charge is 2.41. The van der Waals surface area contributed by atoms with E-state index < -0.39 is 0 Å². The van der Waals surface area contributed by atoms with E-state index in [4.69, 9.17) is 0 Å². The Morgan fingerprint density at radius 2 is 1.73 bits per heavy atom. The van der Waals surface area contributed by atoms with Crippen molar-refractivity contribution >= 4 is 11.5 Å². The molecule has 1 N–H and O–H groups in total. The van der Waals surface area contributed by atoms with Crippen LogP contribution in [0.1, 0.15) is 40.7 Å². The first-order valence-corrected chi connectivity index (χ1v) is 7.93. The molecule has 1 aliphatic carbocycles. The molecule has 1 fully saturated rings. The molecule has 0 aromatic heterocycles. The van der Waals surface area contributed by atoms with Crippen LogP contribution < -0.4 is 5.32 Å². The van der Waals surface area contributed by atoms with E-state index in [0.717, 1.165) is 17.7 Å². The second-order valence-corrected chi connectivity index (χ2v) is 6.38. The van der Waals surface area contributed by atoms with Gasteiger partial charge in [0.05, 0.1) is 0 Å². The van der Waals surface area contributed by atoms with Gasteiger partial charge >= 0.3 is 0 Å². The molecule has 110 valence electrons. The van der Waals surface area contributed by atoms with Crippen LogP contribution in [0.4, 0.5) is 0 Å². The van der Waals surface area contributed by atoms with Gasteiger partial charge in [-0.1, -0.05) is 54.6 Å². The van der Waals surface area contributed by atoms with E-state index in [2.05, 4.69) is 23.5 Å². The summed E-state index contributed by atoms with van der Waals surface area (Å²) in [4.78, 5) is 12.5. The first-order chi connectivity index (χ1) is 10.8. The van der Waals surface area contributed by atoms with Crippen LogP contribution in [0.5, 0.6) is 0 Å². The molecule has 0 saturated heterocycles. The molecule has 4 rings (SSSR count). The van der Waals surface area contributed by atoms with Crippen molar-refractivity contribution in [2.24, 2.45) is 0 Å². The number of rotatable bonds is 2. The van der Waals surface area contributed by atoms with E-state index in [9.17, 15) is 4.79 Å². The first kappa shape index (κ1) is 13.3. The number of benzene rings is 2. The van der Waals surface area contributed by atoms with Gasteiger partial charge in [-0.3, -0.25) is 4.79 Å². The lowest BCUT2D eigenvalue weighted by molar-refractivity contribution is 0.104. The number of hydrogen-bond donors (Lipinski definition) is 1. The van der Waals surface area contributed by atoms with Crippen LogP contribution in [0.25, 0.3) is 5.70 Å². The molecule has 1 spiro atoms. The van der Waals surface area contributed by atoms with Crippen LogP contribution in [-0.2, 0) is 6.42 Å². The van der Waals surface area contributed by atoms with Gasteiger partial charge in [0.1, 0.15) is 0 Å². The summed E-state index contributed by atoms with van der Waals surface area (Å²) in [6.45, 7) is 0. The smallest absolute Gasteiger partial charge is 0.187 e. The zero-order chi connectivity index (χ0) is 15.0. The normalized spacial score (nSPS) is 20.1. The van der Waals surface area contributed by atoms with Crippen molar-refractivity contribution in [3.63, 3.8) is 0 Å². The van der Waals surface area contributed by atoms with Crippen LogP contribution in [0.2, 0.25) is 0 Å². The number of fused-ring (bicyclic) bond motifs is 1. The summed E-state index contributed by atoms with van der Waals surface area (Å²) >= 11 is 0. The van der Waals surface area contributed by atoms with Crippen LogP contribution >= 0.6 is 0 Å². The Hall–Kier alpha value is -2.35. The molecule has 0 unspecified atom stereocenters. The molecule has 2 nitrogen and oxygen atoms in total. The maximum Gasteiger partial charge on any atom is 0.187 e. The first-order valence-electron chi connectivity index (χ1n) is 7.93. The largest absolute Gasteiger partial charge is 0.379 e. The molecule has 1 saturated carbocycles. The fraction of sp³-hybridized carbons (Fsp3) is 0.250. The summed E-state index contributed by atoms with van der Waals surface area (Å²) in [7, 11) is 0. The van der Waals surface area contributed by atoms with Crippen LogP contribution in [0.3, 0.4) is 0 Å². The third-order valence-electron chi connectivity index (χ3n) is 4.88. The molecule has 1 aliphatic heterocycles. The van der Waals surface area contributed by atoms with Crippen LogP contribution in [-0.4, -0.2) is 11.3 Å². The van der Waals surface area contributed by atoms with E-state index in [0.29, 0.717) is 0 Å². The van der Waals surface area contributed by atoms with Crippen LogP contribution in [0.15, 0.2) is 60.7 Å². The van der Waals surface area contributed by atoms with E-state index in [1.807, 2.05) is 36.4 Å². The van der Waals surface area contributed by atoms with Gasteiger partial charge in [0.2, 0.25) is 0 Å². The zero-order valence-electron chi connectivity index (χ0n) is 12.5. The summed E-state index contributed by atoms with van der Waals surface area (Å²) in [5, 5.41) is 3.66. The minimum atomic E-state index is 0.0641. The van der Waals surface area contributed by atoms with Crippen molar-refractivity contribution in [2.45, 2.75) is 31.2 Å². The molecular formula is C20H19NO.